The quantitative estimate of drug-likeness (QED) is 0.543. The third kappa shape index (κ3) is 3.72. The van der Waals surface area contributed by atoms with Gasteiger partial charge in [-0.15, -0.1) is 0 Å². The fourth-order valence-corrected chi connectivity index (χ4v) is 4.18. The minimum absolute atomic E-state index is 0.148. The molecule has 1 aliphatic rings. The van der Waals surface area contributed by atoms with E-state index in [1.54, 1.807) is 33.3 Å². The van der Waals surface area contributed by atoms with Crippen LogP contribution in [0.4, 0.5) is 0 Å². The van der Waals surface area contributed by atoms with Crippen LogP contribution in [0.5, 0.6) is 11.5 Å². The summed E-state index contributed by atoms with van der Waals surface area (Å²) in [7, 11) is 6.31. The molecule has 1 aliphatic heterocycles. The summed E-state index contributed by atoms with van der Waals surface area (Å²) < 4.78 is 21.6. The molecule has 0 saturated carbocycles. The van der Waals surface area contributed by atoms with Gasteiger partial charge in [0.2, 0.25) is 0 Å². The zero-order valence-corrected chi connectivity index (χ0v) is 18.8. The van der Waals surface area contributed by atoms with Crippen LogP contribution in [0.25, 0.3) is 11.3 Å². The molecule has 0 aliphatic carbocycles. The molecular formula is C24H27N3O5. The third-order valence-electron chi connectivity index (χ3n) is 5.75. The van der Waals surface area contributed by atoms with Crippen molar-refractivity contribution in [3.8, 4) is 22.8 Å². The van der Waals surface area contributed by atoms with Crippen LogP contribution in [0.2, 0.25) is 0 Å². The second-order valence-electron chi connectivity index (χ2n) is 7.61. The largest absolute Gasteiger partial charge is 0.493 e. The van der Waals surface area contributed by atoms with Crippen molar-refractivity contribution in [2.45, 2.75) is 19.3 Å². The second kappa shape index (κ2) is 9.02. The van der Waals surface area contributed by atoms with E-state index in [1.807, 2.05) is 43.3 Å². The first-order valence-corrected chi connectivity index (χ1v) is 10.3. The van der Waals surface area contributed by atoms with Crippen LogP contribution in [-0.2, 0) is 9.47 Å². The van der Waals surface area contributed by atoms with E-state index in [0.717, 1.165) is 22.3 Å². The van der Waals surface area contributed by atoms with Crippen molar-refractivity contribution in [1.82, 2.24) is 15.1 Å². The van der Waals surface area contributed by atoms with Gasteiger partial charge in [-0.3, -0.25) is 9.89 Å². The van der Waals surface area contributed by atoms with Crippen molar-refractivity contribution in [2.75, 3.05) is 35.0 Å². The Morgan fingerprint density at radius 3 is 2.44 bits per heavy atom. The Bertz CT molecular complexity index is 1120. The molecule has 1 unspecified atom stereocenters. The van der Waals surface area contributed by atoms with Crippen LogP contribution >= 0.6 is 0 Å². The number of ether oxygens (including phenoxy) is 4. The van der Waals surface area contributed by atoms with Crippen molar-refractivity contribution in [1.29, 1.82) is 0 Å². The maximum absolute atomic E-state index is 13.4. The highest BCUT2D eigenvalue weighted by atomic mass is 16.7. The number of amides is 1. The molecule has 0 spiro atoms. The highest BCUT2D eigenvalue weighted by Crippen LogP contribution is 2.44. The van der Waals surface area contributed by atoms with Crippen LogP contribution in [0.3, 0.4) is 0 Å². The summed E-state index contributed by atoms with van der Waals surface area (Å²) in [5.41, 5.74) is 4.89. The van der Waals surface area contributed by atoms with Crippen molar-refractivity contribution in [3.05, 3.63) is 64.8 Å². The lowest BCUT2D eigenvalue weighted by Crippen LogP contribution is -2.38. The number of fused-ring (bicyclic) bond motifs is 1. The molecule has 8 nitrogen and oxygen atoms in total. The van der Waals surface area contributed by atoms with Gasteiger partial charge in [0.05, 0.1) is 32.5 Å². The zero-order valence-electron chi connectivity index (χ0n) is 18.8. The van der Waals surface area contributed by atoms with E-state index >= 15 is 0 Å². The first-order chi connectivity index (χ1) is 15.5. The Labute approximate surface area is 187 Å². The Hall–Kier alpha value is -3.36. The number of rotatable bonds is 8. The van der Waals surface area contributed by atoms with Crippen molar-refractivity contribution >= 4 is 5.91 Å². The van der Waals surface area contributed by atoms with Gasteiger partial charge in [0.15, 0.2) is 17.8 Å². The summed E-state index contributed by atoms with van der Waals surface area (Å²) in [4.78, 5) is 15.2. The highest BCUT2D eigenvalue weighted by Gasteiger charge is 2.43. The molecular weight excluding hydrogens is 410 g/mol. The number of aryl methyl sites for hydroxylation is 1. The number of methoxy groups -OCH3 is 4. The molecule has 8 heteroatoms. The molecule has 1 amide bonds. The van der Waals surface area contributed by atoms with Crippen molar-refractivity contribution in [2.24, 2.45) is 0 Å². The molecule has 0 radical (unpaired) electrons. The maximum Gasteiger partial charge on any atom is 0.273 e. The van der Waals surface area contributed by atoms with Crippen LogP contribution < -0.4 is 9.47 Å². The number of H-pyrrole nitrogens is 1. The van der Waals surface area contributed by atoms with E-state index in [-0.39, 0.29) is 18.5 Å². The van der Waals surface area contributed by atoms with Gasteiger partial charge in [0.1, 0.15) is 5.69 Å². The average Bonchev–Trinajstić information content (AvgIpc) is 3.35. The Kier molecular flexibility index (Phi) is 6.16. The summed E-state index contributed by atoms with van der Waals surface area (Å²) in [5, 5.41) is 7.47. The van der Waals surface area contributed by atoms with Gasteiger partial charge in [0.25, 0.3) is 5.91 Å². The third-order valence-corrected chi connectivity index (χ3v) is 5.75. The Morgan fingerprint density at radius 2 is 1.78 bits per heavy atom. The molecule has 2 heterocycles. The number of hydrogen-bond donors (Lipinski definition) is 1. The lowest BCUT2D eigenvalue weighted by molar-refractivity contribution is -0.113. The summed E-state index contributed by atoms with van der Waals surface area (Å²) in [6.07, 6.45) is -0.548. The number of hydrogen-bond acceptors (Lipinski definition) is 6. The van der Waals surface area contributed by atoms with E-state index in [9.17, 15) is 4.79 Å². The normalized spacial score (nSPS) is 15.4. The minimum Gasteiger partial charge on any atom is -0.493 e. The first-order valence-electron chi connectivity index (χ1n) is 10.3. The molecule has 32 heavy (non-hydrogen) atoms. The minimum atomic E-state index is -0.548. The van der Waals surface area contributed by atoms with Gasteiger partial charge in [0, 0.05) is 25.3 Å². The number of nitrogens with zero attached hydrogens (tertiary/aromatic N) is 2. The number of carbonyl (C=O) groups excluding carboxylic acids is 1. The molecule has 1 atom stereocenters. The smallest absolute Gasteiger partial charge is 0.273 e. The van der Waals surface area contributed by atoms with Gasteiger partial charge >= 0.3 is 0 Å². The molecule has 0 fully saturated rings. The van der Waals surface area contributed by atoms with E-state index in [2.05, 4.69) is 16.3 Å². The van der Waals surface area contributed by atoms with Crippen LogP contribution in [0.15, 0.2) is 42.5 Å². The van der Waals surface area contributed by atoms with Crippen molar-refractivity contribution < 1.29 is 23.7 Å². The number of aromatic amines is 1. The summed E-state index contributed by atoms with van der Waals surface area (Å²) >= 11 is 0. The molecule has 2 aromatic carbocycles. The Balaban J connectivity index is 1.86. The maximum atomic E-state index is 13.4. The lowest BCUT2D eigenvalue weighted by atomic mass is 9.95. The SMILES string of the molecule is COc1ccc(-c2n[nH]c3c2C(c2cccc(C)c2)N(CC(OC)OC)C3=O)cc1OC. The standard InChI is InChI=1S/C24H27N3O5/c1-14-7-6-8-16(11-14)23-20-21(15-9-10-17(29-2)18(12-15)30-3)25-26-22(20)24(28)27(23)13-19(31-4)32-5/h6-12,19,23H,13H2,1-5H3,(H,25,26). The fourth-order valence-electron chi connectivity index (χ4n) is 4.18. The van der Waals surface area contributed by atoms with Crippen LogP contribution in [0, 0.1) is 6.92 Å². The Morgan fingerprint density at radius 1 is 1.03 bits per heavy atom. The lowest BCUT2D eigenvalue weighted by Gasteiger charge is -2.29. The monoisotopic (exact) mass is 437 g/mol. The molecule has 3 aromatic rings. The molecule has 4 rings (SSSR count). The predicted octanol–water partition coefficient (Wildman–Crippen LogP) is 3.57. The van der Waals surface area contributed by atoms with Crippen LogP contribution in [0.1, 0.15) is 33.2 Å². The summed E-state index contributed by atoms with van der Waals surface area (Å²) in [6.45, 7) is 2.31. The van der Waals surface area contributed by atoms with Gasteiger partial charge < -0.3 is 23.8 Å². The van der Waals surface area contributed by atoms with E-state index in [1.165, 1.54) is 0 Å². The van der Waals surface area contributed by atoms with Crippen LogP contribution in [-0.4, -0.2) is 62.3 Å². The average molecular weight is 437 g/mol. The second-order valence-corrected chi connectivity index (χ2v) is 7.61. The van der Waals surface area contributed by atoms with Gasteiger partial charge in [-0.05, 0) is 30.7 Å². The van der Waals surface area contributed by atoms with Crippen molar-refractivity contribution in [3.63, 3.8) is 0 Å². The molecule has 1 N–H and O–H groups in total. The van der Waals surface area contributed by atoms with E-state index in [0.29, 0.717) is 22.9 Å². The topological polar surface area (TPSA) is 85.9 Å². The molecule has 0 bridgehead atoms. The summed E-state index contributed by atoms with van der Waals surface area (Å²) in [6, 6.07) is 13.4. The number of carbonyl (C=O) groups is 1. The first kappa shape index (κ1) is 21.9. The van der Waals surface area contributed by atoms with Gasteiger partial charge in [-0.2, -0.15) is 5.10 Å². The number of nitrogens with one attached hydrogen (secondary N) is 1. The molecule has 0 saturated heterocycles. The van der Waals surface area contributed by atoms with Gasteiger partial charge in [-0.25, -0.2) is 0 Å². The highest BCUT2D eigenvalue weighted by molar-refractivity contribution is 6.00. The molecule has 168 valence electrons. The summed E-state index contributed by atoms with van der Waals surface area (Å²) in [5.74, 6) is 1.07. The zero-order chi connectivity index (χ0) is 22.8. The predicted molar refractivity (Wildman–Crippen MR) is 119 cm³/mol. The van der Waals surface area contributed by atoms with E-state index < -0.39 is 6.29 Å². The van der Waals surface area contributed by atoms with E-state index in [4.69, 9.17) is 18.9 Å². The number of benzene rings is 2. The van der Waals surface area contributed by atoms with Gasteiger partial charge in [-0.1, -0.05) is 29.8 Å². The molecule has 1 aromatic heterocycles. The number of aromatic nitrogens is 2. The fraction of sp³-hybridized carbons (Fsp3) is 0.333.